The lowest BCUT2D eigenvalue weighted by Crippen LogP contribution is -2.24. The maximum Gasteiger partial charge on any atom is 0.411 e. The number of benzene rings is 2. The van der Waals surface area contributed by atoms with Crippen molar-refractivity contribution in [3.8, 4) is 17.5 Å². The average molecular weight is 478 g/mol. The molecule has 0 fully saturated rings. The molecule has 0 bridgehead atoms. The van der Waals surface area contributed by atoms with Crippen molar-refractivity contribution in [2.45, 2.75) is 0 Å². The van der Waals surface area contributed by atoms with Crippen LogP contribution in [0.2, 0.25) is 0 Å². The summed E-state index contributed by atoms with van der Waals surface area (Å²) in [6.45, 7) is 0. The zero-order chi connectivity index (χ0) is 25.2. The third-order valence-electron chi connectivity index (χ3n) is 5.54. The van der Waals surface area contributed by atoms with Gasteiger partial charge in [-0.3, -0.25) is 4.90 Å². The number of anilines is 1. The molecule has 2 aromatic carbocycles. The second kappa shape index (κ2) is 9.03. The molecule has 0 unspecified atom stereocenters. The Labute approximate surface area is 203 Å². The number of nitriles is 1. The molecule has 0 aliphatic carbocycles. The van der Waals surface area contributed by atoms with E-state index in [0.29, 0.717) is 22.7 Å². The van der Waals surface area contributed by atoms with Crippen LogP contribution in [0.3, 0.4) is 0 Å². The van der Waals surface area contributed by atoms with E-state index >= 15 is 0 Å². The fourth-order valence-electron chi connectivity index (χ4n) is 3.72. The number of nitrogens with one attached hydrogen (secondary N) is 1. The Bertz CT molecular complexity index is 1840. The molecule has 0 radical (unpaired) electrons. The Morgan fingerprint density at radius 2 is 1.89 bits per heavy atom. The summed E-state index contributed by atoms with van der Waals surface area (Å²) in [5, 5.41) is 22.6. The van der Waals surface area contributed by atoms with Crippen molar-refractivity contribution in [2.75, 3.05) is 11.9 Å². The zero-order valence-corrected chi connectivity index (χ0v) is 18.9. The normalized spacial score (nSPS) is 10.7. The van der Waals surface area contributed by atoms with E-state index in [2.05, 4.69) is 20.1 Å². The molecule has 6 rings (SSSR count). The smallest absolute Gasteiger partial charge is 0.411 e. The lowest BCUT2D eigenvalue weighted by atomic mass is 10.2. The van der Waals surface area contributed by atoms with Gasteiger partial charge in [-0.05, 0) is 36.4 Å². The van der Waals surface area contributed by atoms with Gasteiger partial charge in [0.2, 0.25) is 0 Å². The van der Waals surface area contributed by atoms with E-state index in [1.54, 1.807) is 30.5 Å². The first-order chi connectivity index (χ1) is 17.5. The number of para-hydroxylation sites is 2. The Kier molecular flexibility index (Phi) is 5.60. The number of aromatic nitrogens is 6. The molecule has 176 valence electrons. The van der Waals surface area contributed by atoms with Gasteiger partial charge in [0, 0.05) is 36.6 Å². The van der Waals surface area contributed by atoms with Gasteiger partial charge in [-0.2, -0.15) is 9.78 Å². The number of carboxylic acid groups (broad SMARTS) is 1. The van der Waals surface area contributed by atoms with E-state index in [4.69, 9.17) is 10.4 Å². The second-order valence-electron chi connectivity index (χ2n) is 7.73. The topological polar surface area (TPSA) is 145 Å². The van der Waals surface area contributed by atoms with Crippen molar-refractivity contribution in [3.63, 3.8) is 0 Å². The molecule has 0 saturated carbocycles. The van der Waals surface area contributed by atoms with E-state index in [1.807, 2.05) is 59.3 Å². The highest BCUT2D eigenvalue weighted by Gasteiger charge is 2.13. The lowest BCUT2D eigenvalue weighted by molar-refractivity contribution is 0.203. The van der Waals surface area contributed by atoms with E-state index in [-0.39, 0.29) is 5.69 Å². The zero-order valence-electron chi connectivity index (χ0n) is 18.9. The summed E-state index contributed by atoms with van der Waals surface area (Å²) >= 11 is 0. The number of nitrogens with zero attached hydrogens (tertiary/aromatic N) is 7. The molecule has 0 saturated heterocycles. The molecule has 0 atom stereocenters. The third-order valence-corrected chi connectivity index (χ3v) is 5.54. The first-order valence-electron chi connectivity index (χ1n) is 10.7. The molecule has 2 N–H and O–H groups in total. The van der Waals surface area contributed by atoms with Gasteiger partial charge in [0.25, 0.3) is 0 Å². The molecule has 4 aromatic heterocycles. The van der Waals surface area contributed by atoms with Crippen molar-refractivity contribution in [1.29, 1.82) is 5.26 Å². The van der Waals surface area contributed by atoms with Crippen LogP contribution in [0, 0.1) is 11.3 Å². The lowest BCUT2D eigenvalue weighted by Gasteiger charge is -2.13. The number of pyridine rings is 1. The highest BCUT2D eigenvalue weighted by molar-refractivity contribution is 5.91. The third kappa shape index (κ3) is 3.99. The summed E-state index contributed by atoms with van der Waals surface area (Å²) in [6.07, 6.45) is 4.41. The Balaban J connectivity index is 0.000000176. The minimum atomic E-state index is -1.08. The number of imidazole rings is 1. The highest BCUT2D eigenvalue weighted by atomic mass is 16.4. The van der Waals surface area contributed by atoms with Crippen LogP contribution < -0.4 is 10.6 Å². The van der Waals surface area contributed by atoms with Crippen LogP contribution in [-0.4, -0.2) is 47.2 Å². The summed E-state index contributed by atoms with van der Waals surface area (Å²) in [5.41, 5.74) is 3.36. The summed E-state index contributed by atoms with van der Waals surface area (Å²) in [5.74, 6) is 0.498. The standard InChI is InChI=1S/C16H10N6O.C9H8N2O2/c23-16-18-12-4-2-1-3-11(12)15-19-14(20-22(15)16)10-5-7-21-8-6-17-13(21)9-10;1-11(9(12)13)8-5-3-2-4-7(8)6-10/h1-9H,(H,18,23);2-5H,1H3,(H,12,13). The predicted octanol–water partition coefficient (Wildman–Crippen LogP) is 3.56. The van der Waals surface area contributed by atoms with Crippen LogP contribution >= 0.6 is 0 Å². The maximum atomic E-state index is 12.2. The maximum absolute atomic E-state index is 12.2. The number of aromatic amines is 1. The van der Waals surface area contributed by atoms with Crippen LogP contribution in [0.4, 0.5) is 10.5 Å². The van der Waals surface area contributed by atoms with Gasteiger partial charge in [-0.1, -0.05) is 24.3 Å². The molecule has 0 spiro atoms. The first-order valence-corrected chi connectivity index (χ1v) is 10.7. The SMILES string of the molecule is CN(C(=O)O)c1ccccc1C#N.O=c1[nH]c2ccccc2c2nc(-c3ccn4ccnc4c3)nn12. The molecule has 11 nitrogen and oxygen atoms in total. The van der Waals surface area contributed by atoms with E-state index in [9.17, 15) is 9.59 Å². The monoisotopic (exact) mass is 478 g/mol. The van der Waals surface area contributed by atoms with Crippen LogP contribution in [0.1, 0.15) is 5.56 Å². The van der Waals surface area contributed by atoms with Crippen molar-refractivity contribution >= 4 is 34.0 Å². The Hall–Kier alpha value is -5.50. The van der Waals surface area contributed by atoms with Gasteiger partial charge in [0.15, 0.2) is 11.5 Å². The number of amides is 1. The van der Waals surface area contributed by atoms with Gasteiger partial charge in [-0.25, -0.2) is 19.6 Å². The highest BCUT2D eigenvalue weighted by Crippen LogP contribution is 2.21. The number of rotatable bonds is 2. The minimum Gasteiger partial charge on any atom is -0.465 e. The summed E-state index contributed by atoms with van der Waals surface area (Å²) in [7, 11) is 1.40. The molecule has 0 aliphatic heterocycles. The molecule has 1 amide bonds. The molecule has 6 aromatic rings. The fraction of sp³-hybridized carbons (Fsp3) is 0.0400. The number of carbonyl (C=O) groups is 1. The largest absolute Gasteiger partial charge is 0.465 e. The molecule has 11 heteroatoms. The fourth-order valence-corrected chi connectivity index (χ4v) is 3.72. The number of fused-ring (bicyclic) bond motifs is 4. The van der Waals surface area contributed by atoms with Gasteiger partial charge >= 0.3 is 11.8 Å². The summed E-state index contributed by atoms with van der Waals surface area (Å²) in [4.78, 5) is 35.4. The summed E-state index contributed by atoms with van der Waals surface area (Å²) < 4.78 is 3.20. The number of hydrogen-bond acceptors (Lipinski definition) is 6. The summed E-state index contributed by atoms with van der Waals surface area (Å²) in [6, 6.07) is 19.8. The van der Waals surface area contributed by atoms with Gasteiger partial charge in [-0.15, -0.1) is 5.10 Å². The minimum absolute atomic E-state index is 0.306. The van der Waals surface area contributed by atoms with Crippen molar-refractivity contribution in [3.05, 3.63) is 95.3 Å². The molecular formula is C25H18N8O3. The van der Waals surface area contributed by atoms with Crippen LogP contribution in [-0.2, 0) is 0 Å². The first kappa shape index (κ1) is 22.3. The van der Waals surface area contributed by atoms with Crippen LogP contribution in [0.15, 0.2) is 84.0 Å². The Morgan fingerprint density at radius 1 is 1.11 bits per heavy atom. The van der Waals surface area contributed by atoms with E-state index in [1.165, 1.54) is 11.6 Å². The Morgan fingerprint density at radius 3 is 2.69 bits per heavy atom. The van der Waals surface area contributed by atoms with Gasteiger partial charge < -0.3 is 14.5 Å². The van der Waals surface area contributed by atoms with Crippen molar-refractivity contribution in [2.24, 2.45) is 0 Å². The molecule has 4 heterocycles. The van der Waals surface area contributed by atoms with Crippen LogP contribution in [0.5, 0.6) is 0 Å². The number of hydrogen-bond donors (Lipinski definition) is 2. The second-order valence-corrected chi connectivity index (χ2v) is 7.73. The number of H-pyrrole nitrogens is 1. The molecular weight excluding hydrogens is 460 g/mol. The quantitative estimate of drug-likeness (QED) is 0.387. The van der Waals surface area contributed by atoms with Gasteiger partial charge in [0.05, 0.1) is 16.8 Å². The van der Waals surface area contributed by atoms with Crippen LogP contribution in [0.25, 0.3) is 33.6 Å². The van der Waals surface area contributed by atoms with E-state index in [0.717, 1.165) is 27.0 Å². The molecule has 36 heavy (non-hydrogen) atoms. The van der Waals surface area contributed by atoms with Crippen molar-refractivity contribution in [1.82, 2.24) is 29.0 Å². The van der Waals surface area contributed by atoms with Crippen molar-refractivity contribution < 1.29 is 9.90 Å². The average Bonchev–Trinajstić information content (AvgIpc) is 3.56. The van der Waals surface area contributed by atoms with E-state index < -0.39 is 6.09 Å². The predicted molar refractivity (Wildman–Crippen MR) is 133 cm³/mol. The van der Waals surface area contributed by atoms with Gasteiger partial charge in [0.1, 0.15) is 11.7 Å². The molecule has 0 aliphatic rings.